The van der Waals surface area contributed by atoms with Crippen molar-refractivity contribution in [2.45, 2.75) is 13.8 Å². The van der Waals surface area contributed by atoms with Gasteiger partial charge >= 0.3 is 0 Å². The van der Waals surface area contributed by atoms with Crippen LogP contribution in [0.4, 0.5) is 5.69 Å². The number of aryl methyl sites for hydroxylation is 1. The molecule has 18 heavy (non-hydrogen) atoms. The summed E-state index contributed by atoms with van der Waals surface area (Å²) in [6, 6.07) is 4.91. The Hall–Kier alpha value is -2.02. The predicted octanol–water partition coefficient (Wildman–Crippen LogP) is 1.72. The fourth-order valence-electron chi connectivity index (χ4n) is 1.27. The molecule has 0 fully saturated rings. The summed E-state index contributed by atoms with van der Waals surface area (Å²) in [5.74, 6) is 0. The molecule has 0 atom stereocenters. The summed E-state index contributed by atoms with van der Waals surface area (Å²) in [5, 5.41) is 17.9. The van der Waals surface area contributed by atoms with E-state index in [0.29, 0.717) is 22.8 Å². The second-order valence-corrected chi connectivity index (χ2v) is 3.94. The van der Waals surface area contributed by atoms with Crippen molar-refractivity contribution >= 4 is 29.2 Å². The van der Waals surface area contributed by atoms with Crippen molar-refractivity contribution < 1.29 is 4.92 Å². The van der Waals surface area contributed by atoms with Crippen molar-refractivity contribution in [3.63, 3.8) is 0 Å². The summed E-state index contributed by atoms with van der Waals surface area (Å²) in [5.41, 5.74) is 3.95. The van der Waals surface area contributed by atoms with Crippen LogP contribution in [0.25, 0.3) is 0 Å². The number of nitro benzene ring substituents is 1. The van der Waals surface area contributed by atoms with E-state index in [0.717, 1.165) is 0 Å². The lowest BCUT2D eigenvalue weighted by atomic mass is 10.1. The van der Waals surface area contributed by atoms with Crippen molar-refractivity contribution in [3.8, 4) is 0 Å². The van der Waals surface area contributed by atoms with Crippen LogP contribution in [0.2, 0.25) is 0 Å². The molecule has 0 aliphatic rings. The van der Waals surface area contributed by atoms with Gasteiger partial charge in [-0.1, -0.05) is 12.1 Å². The summed E-state index contributed by atoms with van der Waals surface area (Å²) in [7, 11) is 0. The Labute approximate surface area is 110 Å². The maximum absolute atomic E-state index is 10.8. The van der Waals surface area contributed by atoms with Gasteiger partial charge in [-0.05, 0) is 26.1 Å². The van der Waals surface area contributed by atoms with E-state index in [2.05, 4.69) is 15.8 Å². The maximum Gasteiger partial charge on any atom is 0.272 e. The molecular weight excluding hydrogens is 252 g/mol. The first-order valence-corrected chi connectivity index (χ1v) is 5.77. The average molecular weight is 266 g/mol. The van der Waals surface area contributed by atoms with Crippen LogP contribution >= 0.6 is 12.2 Å². The SMILES string of the molecule is CCNC(=S)NN=Cc1ccc(C)c([N+](=O)[O-])c1. The standard InChI is InChI=1S/C11H14N4O2S/c1-3-12-11(18)14-13-7-9-5-4-8(2)10(6-9)15(16)17/h4-7H,3H2,1-2H3,(H2,12,14,18). The highest BCUT2D eigenvalue weighted by atomic mass is 32.1. The number of nitrogens with one attached hydrogen (secondary N) is 2. The van der Waals surface area contributed by atoms with Gasteiger partial charge in [0.1, 0.15) is 0 Å². The Morgan fingerprint density at radius 1 is 1.61 bits per heavy atom. The van der Waals surface area contributed by atoms with E-state index >= 15 is 0 Å². The van der Waals surface area contributed by atoms with Crippen LogP contribution in [0.15, 0.2) is 23.3 Å². The van der Waals surface area contributed by atoms with Gasteiger partial charge in [-0.2, -0.15) is 5.10 Å². The quantitative estimate of drug-likeness (QED) is 0.375. The summed E-state index contributed by atoms with van der Waals surface area (Å²) in [6.45, 7) is 4.32. The molecule has 0 heterocycles. The van der Waals surface area contributed by atoms with Crippen molar-refractivity contribution in [2.24, 2.45) is 5.10 Å². The number of hydrogen-bond acceptors (Lipinski definition) is 4. The molecule has 0 saturated carbocycles. The molecule has 6 nitrogen and oxygen atoms in total. The van der Waals surface area contributed by atoms with E-state index in [-0.39, 0.29) is 5.69 Å². The molecule has 0 unspecified atom stereocenters. The molecule has 0 saturated heterocycles. The fraction of sp³-hybridized carbons (Fsp3) is 0.273. The van der Waals surface area contributed by atoms with Gasteiger partial charge in [0.15, 0.2) is 5.11 Å². The first kappa shape index (κ1) is 14.0. The highest BCUT2D eigenvalue weighted by Gasteiger charge is 2.09. The first-order chi connectivity index (χ1) is 8.54. The van der Waals surface area contributed by atoms with Crippen LogP contribution in [0.5, 0.6) is 0 Å². The molecule has 1 aromatic rings. The third-order valence-corrected chi connectivity index (χ3v) is 2.38. The molecule has 0 spiro atoms. The molecular formula is C11H14N4O2S. The number of nitrogens with zero attached hydrogens (tertiary/aromatic N) is 2. The van der Waals surface area contributed by atoms with E-state index < -0.39 is 4.92 Å². The largest absolute Gasteiger partial charge is 0.362 e. The summed E-state index contributed by atoms with van der Waals surface area (Å²) >= 11 is 4.91. The lowest BCUT2D eigenvalue weighted by Gasteiger charge is -2.02. The Morgan fingerprint density at radius 2 is 2.33 bits per heavy atom. The molecule has 0 aromatic heterocycles. The van der Waals surface area contributed by atoms with E-state index in [1.807, 2.05) is 6.92 Å². The van der Waals surface area contributed by atoms with Gasteiger partial charge in [0.25, 0.3) is 5.69 Å². The predicted molar refractivity (Wildman–Crippen MR) is 74.8 cm³/mol. The van der Waals surface area contributed by atoms with E-state index in [1.54, 1.807) is 19.1 Å². The van der Waals surface area contributed by atoms with E-state index in [1.165, 1.54) is 12.3 Å². The van der Waals surface area contributed by atoms with Crippen LogP contribution < -0.4 is 10.7 Å². The monoisotopic (exact) mass is 266 g/mol. The van der Waals surface area contributed by atoms with Crippen LogP contribution in [0, 0.1) is 17.0 Å². The number of rotatable bonds is 4. The minimum absolute atomic E-state index is 0.0770. The van der Waals surface area contributed by atoms with Gasteiger partial charge < -0.3 is 5.32 Å². The summed E-state index contributed by atoms with van der Waals surface area (Å²) in [4.78, 5) is 10.3. The maximum atomic E-state index is 10.8. The topological polar surface area (TPSA) is 79.6 Å². The highest BCUT2D eigenvalue weighted by molar-refractivity contribution is 7.80. The van der Waals surface area contributed by atoms with Gasteiger partial charge in [-0.3, -0.25) is 15.5 Å². The number of benzene rings is 1. The lowest BCUT2D eigenvalue weighted by molar-refractivity contribution is -0.385. The van der Waals surface area contributed by atoms with Crippen molar-refractivity contribution in [3.05, 3.63) is 39.4 Å². The Balaban J connectivity index is 2.73. The summed E-state index contributed by atoms with van der Waals surface area (Å²) in [6.07, 6.45) is 1.48. The molecule has 0 amide bonds. The third-order valence-electron chi connectivity index (χ3n) is 2.15. The van der Waals surface area contributed by atoms with E-state index in [4.69, 9.17) is 12.2 Å². The van der Waals surface area contributed by atoms with Gasteiger partial charge in [0.05, 0.1) is 11.1 Å². The van der Waals surface area contributed by atoms with Crippen molar-refractivity contribution in [1.82, 2.24) is 10.7 Å². The second-order valence-electron chi connectivity index (χ2n) is 3.53. The summed E-state index contributed by atoms with van der Waals surface area (Å²) < 4.78 is 0. The van der Waals surface area contributed by atoms with Gasteiger partial charge in [0, 0.05) is 23.7 Å². The first-order valence-electron chi connectivity index (χ1n) is 5.36. The zero-order valence-corrected chi connectivity index (χ0v) is 11.0. The second kappa shape index (κ2) is 6.65. The van der Waals surface area contributed by atoms with Crippen LogP contribution in [0.1, 0.15) is 18.1 Å². The molecule has 0 bridgehead atoms. The van der Waals surface area contributed by atoms with Crippen molar-refractivity contribution in [2.75, 3.05) is 6.54 Å². The third kappa shape index (κ3) is 4.10. The molecule has 0 aliphatic heterocycles. The van der Waals surface area contributed by atoms with Gasteiger partial charge in [-0.15, -0.1) is 0 Å². The fourth-order valence-corrected chi connectivity index (χ4v) is 1.47. The van der Waals surface area contributed by atoms with Gasteiger partial charge in [-0.25, -0.2) is 0 Å². The number of hydrogen-bond donors (Lipinski definition) is 2. The molecule has 7 heteroatoms. The smallest absolute Gasteiger partial charge is 0.272 e. The zero-order chi connectivity index (χ0) is 13.5. The molecule has 1 rings (SSSR count). The molecule has 96 valence electrons. The number of thiocarbonyl (C=S) groups is 1. The van der Waals surface area contributed by atoms with Gasteiger partial charge in [0.2, 0.25) is 0 Å². The van der Waals surface area contributed by atoms with E-state index in [9.17, 15) is 10.1 Å². The minimum atomic E-state index is -0.413. The average Bonchev–Trinajstić information content (AvgIpc) is 2.31. The van der Waals surface area contributed by atoms with Crippen molar-refractivity contribution in [1.29, 1.82) is 0 Å². The minimum Gasteiger partial charge on any atom is -0.362 e. The zero-order valence-electron chi connectivity index (χ0n) is 10.1. The van der Waals surface area contributed by atoms with Crippen LogP contribution in [-0.4, -0.2) is 22.8 Å². The molecule has 2 N–H and O–H groups in total. The number of nitro groups is 1. The molecule has 0 radical (unpaired) electrons. The Bertz CT molecular complexity index is 488. The Kier molecular flexibility index (Phi) is 5.19. The normalized spacial score (nSPS) is 10.3. The molecule has 0 aliphatic carbocycles. The van der Waals surface area contributed by atoms with Crippen LogP contribution in [-0.2, 0) is 0 Å². The lowest BCUT2D eigenvalue weighted by Crippen LogP contribution is -2.31. The Morgan fingerprint density at radius 3 is 2.94 bits per heavy atom. The number of hydrazone groups is 1. The van der Waals surface area contributed by atoms with Crippen LogP contribution in [0.3, 0.4) is 0 Å². The highest BCUT2D eigenvalue weighted by Crippen LogP contribution is 2.18. The molecule has 1 aromatic carbocycles.